The van der Waals surface area contributed by atoms with Crippen molar-refractivity contribution in [3.8, 4) is 5.75 Å². The van der Waals surface area contributed by atoms with Gasteiger partial charge in [-0.2, -0.15) is 0 Å². The number of ether oxygens (including phenoxy) is 1. The molecule has 3 rings (SSSR count). The first-order valence-corrected chi connectivity index (χ1v) is 11.7. The van der Waals surface area contributed by atoms with Gasteiger partial charge in [0.25, 0.3) is 0 Å². The van der Waals surface area contributed by atoms with Gasteiger partial charge in [0, 0.05) is 30.4 Å². The normalized spacial score (nSPS) is 25.5. The Hall–Kier alpha value is -1.60. The van der Waals surface area contributed by atoms with Crippen molar-refractivity contribution >= 4 is 11.3 Å². The highest BCUT2D eigenvalue weighted by Gasteiger charge is 2.31. The Morgan fingerprint density at radius 1 is 1.27 bits per heavy atom. The van der Waals surface area contributed by atoms with Crippen LogP contribution in [0.2, 0.25) is 0 Å². The largest absolute Gasteiger partial charge is 0.496 e. The van der Waals surface area contributed by atoms with Crippen LogP contribution in [0.1, 0.15) is 57.9 Å². The summed E-state index contributed by atoms with van der Waals surface area (Å²) in [6, 6.07) is 7.01. The van der Waals surface area contributed by atoms with Gasteiger partial charge in [0.2, 0.25) is 0 Å². The van der Waals surface area contributed by atoms with Crippen LogP contribution in [-0.2, 0) is 0 Å². The second-order valence-electron chi connectivity index (χ2n) is 8.54. The van der Waals surface area contributed by atoms with Crippen LogP contribution in [0.5, 0.6) is 5.75 Å². The lowest BCUT2D eigenvalue weighted by molar-refractivity contribution is 0.0612. The van der Waals surface area contributed by atoms with Crippen molar-refractivity contribution in [2.45, 2.75) is 70.9 Å². The third kappa shape index (κ3) is 5.97. The van der Waals surface area contributed by atoms with Gasteiger partial charge in [-0.15, -0.1) is 0 Å². The quantitative estimate of drug-likeness (QED) is 0.463. The molecule has 168 valence electrons. The van der Waals surface area contributed by atoms with Gasteiger partial charge in [-0.3, -0.25) is 10.2 Å². The lowest BCUT2D eigenvalue weighted by Crippen LogP contribution is -2.65. The van der Waals surface area contributed by atoms with Crippen LogP contribution in [0.15, 0.2) is 24.3 Å². The summed E-state index contributed by atoms with van der Waals surface area (Å²) in [6.07, 6.45) is 9.83. The molecule has 0 amide bonds. The summed E-state index contributed by atoms with van der Waals surface area (Å²) < 4.78 is 5.70. The molecule has 1 fully saturated rings. The summed E-state index contributed by atoms with van der Waals surface area (Å²) >= 11 is 0. The van der Waals surface area contributed by atoms with E-state index in [4.69, 9.17) is 4.74 Å². The highest BCUT2D eigenvalue weighted by Crippen LogP contribution is 2.32. The molecule has 6 nitrogen and oxygen atoms in total. The van der Waals surface area contributed by atoms with Crippen LogP contribution in [0, 0.1) is 0 Å². The average Bonchev–Trinajstić information content (AvgIpc) is 3.05. The molecule has 2 heterocycles. The van der Waals surface area contributed by atoms with Gasteiger partial charge in [-0.1, -0.05) is 25.8 Å². The van der Waals surface area contributed by atoms with E-state index < -0.39 is 0 Å². The Kier molecular flexibility index (Phi) is 9.00. The molecular weight excluding hydrogens is 374 g/mol. The Labute approximate surface area is 182 Å². The van der Waals surface area contributed by atoms with Crippen LogP contribution in [-0.4, -0.2) is 57.2 Å². The minimum absolute atomic E-state index is 0.106. The number of nitrogens with zero attached hydrogens (tertiary/aromatic N) is 1. The van der Waals surface area contributed by atoms with Crippen LogP contribution in [0.4, 0.5) is 5.69 Å². The molecule has 3 unspecified atom stereocenters. The Morgan fingerprint density at radius 2 is 2.13 bits per heavy atom. The van der Waals surface area contributed by atoms with Crippen molar-refractivity contribution in [1.82, 2.24) is 20.9 Å². The summed E-state index contributed by atoms with van der Waals surface area (Å²) in [6.45, 7) is 7.71. The fourth-order valence-electron chi connectivity index (χ4n) is 4.56. The monoisotopic (exact) mass is 415 g/mol. The van der Waals surface area contributed by atoms with Crippen molar-refractivity contribution in [3.63, 3.8) is 0 Å². The molecule has 0 spiro atoms. The Bertz CT molecular complexity index is 692. The molecule has 0 bridgehead atoms. The number of unbranched alkanes of at least 4 members (excludes halogenated alkanes) is 2. The number of benzene rings is 1. The van der Waals surface area contributed by atoms with Crippen molar-refractivity contribution < 1.29 is 4.74 Å². The number of rotatable bonds is 9. The van der Waals surface area contributed by atoms with E-state index in [1.807, 2.05) is 7.05 Å². The summed E-state index contributed by atoms with van der Waals surface area (Å²) in [5.74, 6) is 0.951. The number of hydrogen-bond acceptors (Lipinski definition) is 6. The number of hydrogen-bond donors (Lipinski definition) is 4. The SMILES string of the molecule is CCCCCN1C(C)CC(NC)NC1Nc1ccc(OC)c(C2=CCNCCC2)c1. The maximum absolute atomic E-state index is 5.70. The Morgan fingerprint density at radius 3 is 2.90 bits per heavy atom. The average molecular weight is 416 g/mol. The van der Waals surface area contributed by atoms with Gasteiger partial charge >= 0.3 is 0 Å². The number of nitrogens with one attached hydrogen (secondary N) is 4. The zero-order valence-electron chi connectivity index (χ0n) is 19.3. The molecule has 1 aromatic rings. The second-order valence-corrected chi connectivity index (χ2v) is 8.54. The number of methoxy groups -OCH3 is 1. The van der Waals surface area contributed by atoms with E-state index in [1.165, 1.54) is 30.4 Å². The molecule has 2 aliphatic heterocycles. The van der Waals surface area contributed by atoms with Crippen LogP contribution < -0.4 is 26.0 Å². The maximum atomic E-state index is 5.70. The highest BCUT2D eigenvalue weighted by molar-refractivity contribution is 5.74. The lowest BCUT2D eigenvalue weighted by Gasteiger charge is -2.45. The van der Waals surface area contributed by atoms with Crippen molar-refractivity contribution in [1.29, 1.82) is 0 Å². The van der Waals surface area contributed by atoms with E-state index in [2.05, 4.69) is 64.3 Å². The van der Waals surface area contributed by atoms with E-state index >= 15 is 0 Å². The third-order valence-corrected chi connectivity index (χ3v) is 6.34. The number of anilines is 1. The second kappa shape index (κ2) is 11.7. The third-order valence-electron chi connectivity index (χ3n) is 6.34. The molecule has 0 aromatic heterocycles. The van der Waals surface area contributed by atoms with Crippen molar-refractivity contribution in [2.75, 3.05) is 39.1 Å². The first kappa shape index (κ1) is 23.1. The van der Waals surface area contributed by atoms with Crippen LogP contribution in [0.3, 0.4) is 0 Å². The van der Waals surface area contributed by atoms with Gasteiger partial charge in [0.15, 0.2) is 0 Å². The van der Waals surface area contributed by atoms with E-state index in [1.54, 1.807) is 7.11 Å². The summed E-state index contributed by atoms with van der Waals surface area (Å²) in [4.78, 5) is 2.57. The molecule has 4 N–H and O–H groups in total. The number of allylic oxidation sites excluding steroid dienone is 1. The first-order chi connectivity index (χ1) is 14.7. The molecule has 1 aromatic carbocycles. The predicted molar refractivity (Wildman–Crippen MR) is 127 cm³/mol. The van der Waals surface area contributed by atoms with Gasteiger partial charge in [-0.05, 0) is 70.0 Å². The first-order valence-electron chi connectivity index (χ1n) is 11.7. The molecule has 2 aliphatic rings. The van der Waals surface area contributed by atoms with E-state index in [0.717, 1.165) is 50.3 Å². The van der Waals surface area contributed by atoms with Crippen molar-refractivity contribution in [2.24, 2.45) is 0 Å². The van der Waals surface area contributed by atoms with Gasteiger partial charge in [0.1, 0.15) is 12.0 Å². The zero-order chi connectivity index (χ0) is 21.3. The van der Waals surface area contributed by atoms with E-state index in [0.29, 0.717) is 12.2 Å². The lowest BCUT2D eigenvalue weighted by atomic mass is 9.99. The summed E-state index contributed by atoms with van der Waals surface area (Å²) in [5, 5.41) is 14.4. The minimum Gasteiger partial charge on any atom is -0.496 e. The molecule has 0 aliphatic carbocycles. The predicted octanol–water partition coefficient (Wildman–Crippen LogP) is 3.58. The maximum Gasteiger partial charge on any atom is 0.136 e. The standard InChI is InChI=1S/C24H41N5O/c1-5-6-7-15-29-18(2)16-23(25-3)28-24(29)27-20-10-11-22(30-4)21(17-20)19-9-8-13-26-14-12-19/h10-12,17-18,23-28H,5-9,13-16H2,1-4H3. The van der Waals surface area contributed by atoms with E-state index in [9.17, 15) is 0 Å². The molecule has 30 heavy (non-hydrogen) atoms. The molecular formula is C24H41N5O. The smallest absolute Gasteiger partial charge is 0.136 e. The molecule has 0 radical (unpaired) electrons. The topological polar surface area (TPSA) is 60.6 Å². The fourth-order valence-corrected chi connectivity index (χ4v) is 4.56. The van der Waals surface area contributed by atoms with Gasteiger partial charge in [-0.25, -0.2) is 0 Å². The van der Waals surface area contributed by atoms with Crippen molar-refractivity contribution in [3.05, 3.63) is 29.8 Å². The highest BCUT2D eigenvalue weighted by atomic mass is 16.5. The van der Waals surface area contributed by atoms with E-state index in [-0.39, 0.29) is 6.29 Å². The zero-order valence-corrected chi connectivity index (χ0v) is 19.3. The van der Waals surface area contributed by atoms with Crippen LogP contribution in [0.25, 0.3) is 5.57 Å². The molecule has 6 heteroatoms. The summed E-state index contributed by atoms with van der Waals surface area (Å²) in [5.41, 5.74) is 3.71. The molecule has 1 saturated heterocycles. The minimum atomic E-state index is 0.106. The van der Waals surface area contributed by atoms with Gasteiger partial charge < -0.3 is 20.7 Å². The summed E-state index contributed by atoms with van der Waals surface area (Å²) in [7, 11) is 3.80. The Balaban J connectivity index is 1.80. The van der Waals surface area contributed by atoms with Gasteiger partial charge in [0.05, 0.1) is 13.3 Å². The molecule has 0 saturated carbocycles. The molecule has 3 atom stereocenters. The van der Waals surface area contributed by atoms with Crippen LogP contribution >= 0.6 is 0 Å². The fraction of sp³-hybridized carbons (Fsp3) is 0.667.